The van der Waals surface area contributed by atoms with Crippen molar-refractivity contribution in [3.05, 3.63) is 71.3 Å². The molecule has 0 unspecified atom stereocenters. The second kappa shape index (κ2) is 8.82. The Kier molecular flexibility index (Phi) is 6.24. The number of carbonyl (C=O) groups is 2. The Hall–Kier alpha value is -2.66. The van der Waals surface area contributed by atoms with Crippen LogP contribution in [0, 0.1) is 0 Å². The van der Waals surface area contributed by atoms with Crippen LogP contribution in [-0.4, -0.2) is 45.9 Å². The maximum absolute atomic E-state index is 12.9. The van der Waals surface area contributed by atoms with E-state index in [1.54, 1.807) is 29.2 Å². The van der Waals surface area contributed by atoms with E-state index in [0.717, 1.165) is 17.5 Å². The lowest BCUT2D eigenvalue weighted by Gasteiger charge is -2.31. The van der Waals surface area contributed by atoms with Crippen LogP contribution in [0.5, 0.6) is 0 Å². The van der Waals surface area contributed by atoms with E-state index >= 15 is 0 Å². The summed E-state index contributed by atoms with van der Waals surface area (Å²) in [7, 11) is 0. The molecule has 1 saturated heterocycles. The highest BCUT2D eigenvalue weighted by Gasteiger charge is 2.31. The van der Waals surface area contributed by atoms with E-state index in [4.69, 9.17) is 5.11 Å². The summed E-state index contributed by atoms with van der Waals surface area (Å²) in [6.45, 7) is 3.56. The Morgan fingerprint density at radius 2 is 1.78 bits per heavy atom. The smallest absolute Gasteiger partial charge is 0.253 e. The highest BCUT2D eigenvalue weighted by Crippen LogP contribution is 2.19. The fraction of sp³-hybridized carbons (Fsp3) is 0.364. The molecule has 27 heavy (non-hydrogen) atoms. The maximum atomic E-state index is 12.9. The van der Waals surface area contributed by atoms with Gasteiger partial charge in [-0.15, -0.1) is 0 Å². The fourth-order valence-corrected chi connectivity index (χ4v) is 3.49. The van der Waals surface area contributed by atoms with Gasteiger partial charge in [-0.3, -0.25) is 9.59 Å². The lowest BCUT2D eigenvalue weighted by Crippen LogP contribution is -2.43. The Balaban J connectivity index is 1.76. The average Bonchev–Trinajstić information content (AvgIpc) is 2.87. The van der Waals surface area contributed by atoms with E-state index in [9.17, 15) is 9.59 Å². The summed E-state index contributed by atoms with van der Waals surface area (Å²) in [4.78, 5) is 29.4. The molecule has 3 rings (SSSR count). The first-order valence-corrected chi connectivity index (χ1v) is 9.44. The largest absolute Gasteiger partial charge is 0.392 e. The summed E-state index contributed by atoms with van der Waals surface area (Å²) < 4.78 is 0. The molecular formula is C22H26N2O3. The predicted molar refractivity (Wildman–Crippen MR) is 104 cm³/mol. The van der Waals surface area contributed by atoms with E-state index in [1.165, 1.54) is 0 Å². The molecule has 1 heterocycles. The fourth-order valence-electron chi connectivity index (χ4n) is 3.49. The number of amides is 2. The van der Waals surface area contributed by atoms with E-state index in [1.807, 2.05) is 35.2 Å². The quantitative estimate of drug-likeness (QED) is 0.885. The number of nitrogens with zero attached hydrogens (tertiary/aromatic N) is 2. The summed E-state index contributed by atoms with van der Waals surface area (Å²) in [5.41, 5.74) is 2.47. The Labute approximate surface area is 160 Å². The molecule has 1 aliphatic heterocycles. The van der Waals surface area contributed by atoms with Crippen LogP contribution in [0.15, 0.2) is 54.6 Å². The molecular weight excluding hydrogens is 340 g/mol. The van der Waals surface area contributed by atoms with Crippen LogP contribution in [0.4, 0.5) is 0 Å². The number of benzene rings is 2. The molecule has 0 aromatic heterocycles. The number of rotatable bonds is 5. The molecule has 0 radical (unpaired) electrons. The minimum atomic E-state index is -0.0627. The highest BCUT2D eigenvalue weighted by atomic mass is 16.3. The zero-order valence-electron chi connectivity index (χ0n) is 15.7. The van der Waals surface area contributed by atoms with Crippen LogP contribution in [0.2, 0.25) is 0 Å². The predicted octanol–water partition coefficient (Wildman–Crippen LogP) is 2.83. The zero-order valence-corrected chi connectivity index (χ0v) is 15.7. The summed E-state index contributed by atoms with van der Waals surface area (Å²) in [6.07, 6.45) is 1.13. The summed E-state index contributed by atoms with van der Waals surface area (Å²) in [6, 6.07) is 17.0. The number of hydrogen-bond acceptors (Lipinski definition) is 3. The van der Waals surface area contributed by atoms with Crippen LogP contribution in [0.3, 0.4) is 0 Å². The third kappa shape index (κ3) is 4.55. The third-order valence-electron chi connectivity index (χ3n) is 5.13. The first-order valence-electron chi connectivity index (χ1n) is 9.44. The second-order valence-corrected chi connectivity index (χ2v) is 6.93. The van der Waals surface area contributed by atoms with Crippen molar-refractivity contribution >= 4 is 11.8 Å². The lowest BCUT2D eigenvalue weighted by atomic mass is 10.1. The number of carbonyl (C=O) groups excluding carboxylic acids is 2. The summed E-state index contributed by atoms with van der Waals surface area (Å²) in [5, 5.41) is 9.16. The van der Waals surface area contributed by atoms with Gasteiger partial charge in [0.05, 0.1) is 6.61 Å². The molecule has 5 nitrogen and oxygen atoms in total. The average molecular weight is 366 g/mol. The Morgan fingerprint density at radius 1 is 1.07 bits per heavy atom. The van der Waals surface area contributed by atoms with Crippen molar-refractivity contribution in [3.8, 4) is 0 Å². The van der Waals surface area contributed by atoms with E-state index in [0.29, 0.717) is 31.6 Å². The molecule has 5 heteroatoms. The van der Waals surface area contributed by atoms with Crippen LogP contribution < -0.4 is 0 Å². The Morgan fingerprint density at radius 3 is 2.41 bits per heavy atom. The minimum absolute atomic E-state index is 0.000807. The number of aliphatic hydroxyl groups excluding tert-OH is 1. The van der Waals surface area contributed by atoms with Gasteiger partial charge in [-0.2, -0.15) is 0 Å². The van der Waals surface area contributed by atoms with Gasteiger partial charge in [-0.25, -0.2) is 0 Å². The maximum Gasteiger partial charge on any atom is 0.253 e. The molecule has 0 saturated carbocycles. The number of hydrogen-bond donors (Lipinski definition) is 1. The molecule has 142 valence electrons. The standard InChI is InChI=1S/C22H26N2O3/c1-2-20-15-23(22(27)19-10-8-18(16-25)9-11-19)13-12-21(26)24(20)14-17-6-4-3-5-7-17/h3-11,20,25H,2,12-16H2,1H3/t20-/m0/s1. The van der Waals surface area contributed by atoms with Gasteiger partial charge in [0.15, 0.2) is 0 Å². The molecule has 2 aromatic carbocycles. The van der Waals surface area contributed by atoms with E-state index < -0.39 is 0 Å². The van der Waals surface area contributed by atoms with Gasteiger partial charge in [-0.1, -0.05) is 49.4 Å². The third-order valence-corrected chi connectivity index (χ3v) is 5.13. The van der Waals surface area contributed by atoms with Crippen molar-refractivity contribution in [3.63, 3.8) is 0 Å². The SMILES string of the molecule is CC[C@H]1CN(C(=O)c2ccc(CO)cc2)CCC(=O)N1Cc1ccccc1. The molecule has 1 N–H and O–H groups in total. The molecule has 1 fully saturated rings. The second-order valence-electron chi connectivity index (χ2n) is 6.93. The highest BCUT2D eigenvalue weighted by molar-refractivity contribution is 5.94. The van der Waals surface area contributed by atoms with Crippen molar-refractivity contribution in [2.45, 2.75) is 39.0 Å². The Bertz CT molecular complexity index is 774. The van der Waals surface area contributed by atoms with Gasteiger partial charge in [-0.05, 0) is 29.7 Å². The normalized spacial score (nSPS) is 17.7. The summed E-state index contributed by atoms with van der Waals surface area (Å²) in [5.74, 6) is 0.0314. The van der Waals surface area contributed by atoms with E-state index in [2.05, 4.69) is 6.92 Å². The van der Waals surface area contributed by atoms with Crippen LogP contribution in [-0.2, 0) is 17.9 Å². The minimum Gasteiger partial charge on any atom is -0.392 e. The van der Waals surface area contributed by atoms with Gasteiger partial charge >= 0.3 is 0 Å². The van der Waals surface area contributed by atoms with Crippen molar-refractivity contribution < 1.29 is 14.7 Å². The van der Waals surface area contributed by atoms with Gasteiger partial charge < -0.3 is 14.9 Å². The molecule has 0 bridgehead atoms. The van der Waals surface area contributed by atoms with Crippen LogP contribution >= 0.6 is 0 Å². The molecule has 2 amide bonds. The van der Waals surface area contributed by atoms with Crippen molar-refractivity contribution in [1.29, 1.82) is 0 Å². The summed E-state index contributed by atoms with van der Waals surface area (Å²) >= 11 is 0. The van der Waals surface area contributed by atoms with Gasteiger partial charge in [0.2, 0.25) is 5.91 Å². The first-order chi connectivity index (χ1) is 13.1. The lowest BCUT2D eigenvalue weighted by molar-refractivity contribution is -0.133. The molecule has 1 atom stereocenters. The van der Waals surface area contributed by atoms with Crippen molar-refractivity contribution in [2.75, 3.05) is 13.1 Å². The zero-order chi connectivity index (χ0) is 19.2. The van der Waals surface area contributed by atoms with Crippen LogP contribution in [0.25, 0.3) is 0 Å². The monoisotopic (exact) mass is 366 g/mol. The van der Waals surface area contributed by atoms with Gasteiger partial charge in [0.1, 0.15) is 0 Å². The number of aliphatic hydroxyl groups is 1. The van der Waals surface area contributed by atoms with Gasteiger partial charge in [0, 0.05) is 37.7 Å². The van der Waals surface area contributed by atoms with Gasteiger partial charge in [0.25, 0.3) is 5.91 Å². The topological polar surface area (TPSA) is 60.9 Å². The van der Waals surface area contributed by atoms with Crippen molar-refractivity contribution in [2.24, 2.45) is 0 Å². The molecule has 0 spiro atoms. The molecule has 0 aliphatic carbocycles. The van der Waals surface area contributed by atoms with E-state index in [-0.39, 0.29) is 24.5 Å². The first kappa shape index (κ1) is 19.1. The van der Waals surface area contributed by atoms with Crippen LogP contribution in [0.1, 0.15) is 41.3 Å². The van der Waals surface area contributed by atoms with Crippen molar-refractivity contribution in [1.82, 2.24) is 9.80 Å². The molecule has 2 aromatic rings. The molecule has 1 aliphatic rings.